The van der Waals surface area contributed by atoms with Crippen LogP contribution in [0.3, 0.4) is 0 Å². The van der Waals surface area contributed by atoms with Crippen LogP contribution in [-0.4, -0.2) is 4.57 Å². The normalized spacial score (nSPS) is 15.6. The van der Waals surface area contributed by atoms with Gasteiger partial charge in [0, 0.05) is 22.2 Å². The molecule has 4 aromatic rings. The average molecular weight is 479 g/mol. The van der Waals surface area contributed by atoms with Gasteiger partial charge in [-0.2, -0.15) is 0 Å². The summed E-state index contributed by atoms with van der Waals surface area (Å²) in [5.41, 5.74) is 6.96. The number of nitrogens with zero attached hydrogens (tertiary/aromatic N) is 2. The molecule has 0 bridgehead atoms. The van der Waals surface area contributed by atoms with Crippen LogP contribution in [0.2, 0.25) is 10.0 Å². The fourth-order valence-corrected chi connectivity index (χ4v) is 5.72. The Kier molecular flexibility index (Phi) is 5.75. The molecule has 1 heterocycles. The molecule has 5 rings (SSSR count). The molecule has 1 aliphatic carbocycles. The first-order chi connectivity index (χ1) is 15.5. The van der Waals surface area contributed by atoms with Gasteiger partial charge in [0.05, 0.1) is 15.7 Å². The predicted molar refractivity (Wildman–Crippen MR) is 136 cm³/mol. The third kappa shape index (κ3) is 3.83. The first-order valence-electron chi connectivity index (χ1n) is 10.8. The van der Waals surface area contributed by atoms with Crippen LogP contribution < -0.4 is 4.80 Å². The van der Waals surface area contributed by atoms with E-state index in [1.165, 1.54) is 28.8 Å². The van der Waals surface area contributed by atoms with Gasteiger partial charge in [0.1, 0.15) is 0 Å². The topological polar surface area (TPSA) is 17.3 Å². The van der Waals surface area contributed by atoms with Crippen LogP contribution in [0.1, 0.15) is 41.6 Å². The zero-order valence-corrected chi connectivity index (χ0v) is 20.4. The lowest BCUT2D eigenvalue weighted by molar-refractivity contribution is 0.289. The molecule has 1 aromatic heterocycles. The molecular weight excluding hydrogens is 455 g/mol. The first-order valence-corrected chi connectivity index (χ1v) is 12.4. The van der Waals surface area contributed by atoms with E-state index in [9.17, 15) is 0 Å². The smallest absolute Gasteiger partial charge is 0.194 e. The van der Waals surface area contributed by atoms with E-state index in [0.717, 1.165) is 29.0 Å². The van der Waals surface area contributed by atoms with E-state index in [1.807, 2.05) is 12.1 Å². The van der Waals surface area contributed by atoms with E-state index in [0.29, 0.717) is 10.0 Å². The van der Waals surface area contributed by atoms with Crippen molar-refractivity contribution in [2.24, 2.45) is 4.99 Å². The fourth-order valence-electron chi connectivity index (χ4n) is 4.41. The molecule has 0 N–H and O–H groups in total. The molecular formula is C27H24Cl2N2S. The lowest BCUT2D eigenvalue weighted by atomic mass is 9.62. The number of benzene rings is 3. The standard InChI is InChI=1S/C27H24Cl2N2S/c1-18-4-9-21(10-5-18)30-26-31(22-11-6-19(2)7-12-22)25(17-32-26)27(14-3-15-27)20-8-13-23(28)24(29)16-20/h4-13,16-17H,3,14-15H2,1-2H3/b30-26-. The van der Waals surface area contributed by atoms with Crippen molar-refractivity contribution in [3.8, 4) is 5.69 Å². The molecule has 1 fully saturated rings. The number of hydrogen-bond donors (Lipinski definition) is 0. The summed E-state index contributed by atoms with van der Waals surface area (Å²) in [5.74, 6) is 0. The maximum Gasteiger partial charge on any atom is 0.194 e. The van der Waals surface area contributed by atoms with Crippen molar-refractivity contribution in [1.29, 1.82) is 0 Å². The number of aromatic nitrogens is 1. The predicted octanol–water partition coefficient (Wildman–Crippen LogP) is 8.16. The average Bonchev–Trinajstić information content (AvgIpc) is 3.16. The van der Waals surface area contributed by atoms with Crippen LogP contribution in [0.4, 0.5) is 5.69 Å². The summed E-state index contributed by atoms with van der Waals surface area (Å²) in [6.07, 6.45) is 3.35. The third-order valence-corrected chi connectivity index (χ3v) is 7.99. The van der Waals surface area contributed by atoms with Crippen molar-refractivity contribution in [2.45, 2.75) is 38.5 Å². The molecule has 0 radical (unpaired) electrons. The largest absolute Gasteiger partial charge is 0.289 e. The Balaban J connectivity index is 1.73. The molecule has 3 aromatic carbocycles. The second-order valence-electron chi connectivity index (χ2n) is 8.59. The molecule has 1 aliphatic rings. The van der Waals surface area contributed by atoms with Crippen LogP contribution in [0, 0.1) is 13.8 Å². The molecule has 0 amide bonds. The third-order valence-electron chi connectivity index (χ3n) is 6.43. The summed E-state index contributed by atoms with van der Waals surface area (Å²) >= 11 is 14.4. The van der Waals surface area contributed by atoms with Gasteiger partial charge < -0.3 is 0 Å². The van der Waals surface area contributed by atoms with Crippen molar-refractivity contribution in [3.63, 3.8) is 0 Å². The van der Waals surface area contributed by atoms with Gasteiger partial charge in [-0.25, -0.2) is 4.99 Å². The van der Waals surface area contributed by atoms with E-state index in [1.54, 1.807) is 11.3 Å². The maximum atomic E-state index is 6.43. The Morgan fingerprint density at radius 3 is 2.09 bits per heavy atom. The molecule has 162 valence electrons. The van der Waals surface area contributed by atoms with Crippen molar-refractivity contribution in [1.82, 2.24) is 4.57 Å². The van der Waals surface area contributed by atoms with Crippen LogP contribution in [-0.2, 0) is 5.41 Å². The lowest BCUT2D eigenvalue weighted by Crippen LogP contribution is -2.38. The zero-order chi connectivity index (χ0) is 22.3. The summed E-state index contributed by atoms with van der Waals surface area (Å²) in [5, 5.41) is 3.47. The van der Waals surface area contributed by atoms with E-state index in [4.69, 9.17) is 28.2 Å². The zero-order valence-electron chi connectivity index (χ0n) is 18.1. The highest BCUT2D eigenvalue weighted by Crippen LogP contribution is 2.50. The minimum Gasteiger partial charge on any atom is -0.289 e. The van der Waals surface area contributed by atoms with E-state index < -0.39 is 0 Å². The molecule has 0 atom stereocenters. The fraction of sp³-hybridized carbons (Fsp3) is 0.222. The first kappa shape index (κ1) is 21.5. The molecule has 0 saturated heterocycles. The quantitative estimate of drug-likeness (QED) is 0.281. The van der Waals surface area contributed by atoms with Gasteiger partial charge in [-0.1, -0.05) is 71.1 Å². The molecule has 2 nitrogen and oxygen atoms in total. The van der Waals surface area contributed by atoms with Crippen LogP contribution in [0.25, 0.3) is 5.69 Å². The Bertz CT molecular complexity index is 1330. The highest BCUT2D eigenvalue weighted by molar-refractivity contribution is 7.07. The molecule has 5 heteroatoms. The molecule has 0 aliphatic heterocycles. The van der Waals surface area contributed by atoms with Crippen LogP contribution >= 0.6 is 34.5 Å². The molecule has 0 spiro atoms. The summed E-state index contributed by atoms with van der Waals surface area (Å²) in [7, 11) is 0. The van der Waals surface area contributed by atoms with Gasteiger partial charge in [0.15, 0.2) is 4.80 Å². The Morgan fingerprint density at radius 1 is 0.844 bits per heavy atom. The second-order valence-corrected chi connectivity index (χ2v) is 10.2. The highest BCUT2D eigenvalue weighted by Gasteiger charge is 2.43. The monoisotopic (exact) mass is 478 g/mol. The lowest BCUT2D eigenvalue weighted by Gasteiger charge is -2.43. The van der Waals surface area contributed by atoms with Gasteiger partial charge in [-0.15, -0.1) is 11.3 Å². The summed E-state index contributed by atoms with van der Waals surface area (Å²) in [6.45, 7) is 4.21. The van der Waals surface area contributed by atoms with Gasteiger partial charge in [0.25, 0.3) is 0 Å². The molecule has 32 heavy (non-hydrogen) atoms. The van der Waals surface area contributed by atoms with Crippen molar-refractivity contribution in [3.05, 3.63) is 109 Å². The minimum atomic E-state index is -0.0866. The number of rotatable bonds is 4. The van der Waals surface area contributed by atoms with Crippen molar-refractivity contribution >= 4 is 40.2 Å². The number of hydrogen-bond acceptors (Lipinski definition) is 2. The molecule has 0 unspecified atom stereocenters. The summed E-state index contributed by atoms with van der Waals surface area (Å²) < 4.78 is 2.33. The number of thiazole rings is 1. The Labute approximate surface area is 202 Å². The van der Waals surface area contributed by atoms with E-state index in [2.05, 4.69) is 78.4 Å². The van der Waals surface area contributed by atoms with Gasteiger partial charge in [-0.05, 0) is 68.7 Å². The van der Waals surface area contributed by atoms with Crippen LogP contribution in [0.15, 0.2) is 77.1 Å². The van der Waals surface area contributed by atoms with E-state index >= 15 is 0 Å². The van der Waals surface area contributed by atoms with Gasteiger partial charge in [-0.3, -0.25) is 4.57 Å². The summed E-state index contributed by atoms with van der Waals surface area (Å²) in [6, 6.07) is 23.1. The number of halogens is 2. The Morgan fingerprint density at radius 2 is 1.50 bits per heavy atom. The SMILES string of the molecule is Cc1ccc(/N=c2\scc(C3(c4ccc(Cl)c(Cl)c4)CCC3)n2-c2ccc(C)cc2)cc1. The van der Waals surface area contributed by atoms with Gasteiger partial charge >= 0.3 is 0 Å². The van der Waals surface area contributed by atoms with Crippen molar-refractivity contribution < 1.29 is 0 Å². The number of aryl methyl sites for hydroxylation is 2. The minimum absolute atomic E-state index is 0.0866. The summed E-state index contributed by atoms with van der Waals surface area (Å²) in [4.78, 5) is 6.00. The van der Waals surface area contributed by atoms with Gasteiger partial charge in [0.2, 0.25) is 0 Å². The molecule has 1 saturated carbocycles. The second kappa shape index (κ2) is 8.55. The van der Waals surface area contributed by atoms with E-state index in [-0.39, 0.29) is 5.41 Å². The van der Waals surface area contributed by atoms with Crippen LogP contribution in [0.5, 0.6) is 0 Å². The van der Waals surface area contributed by atoms with Crippen molar-refractivity contribution in [2.75, 3.05) is 0 Å². The highest BCUT2D eigenvalue weighted by atomic mass is 35.5. The maximum absolute atomic E-state index is 6.43. The Hall–Kier alpha value is -2.33.